The first-order chi connectivity index (χ1) is 9.97. The molecule has 0 aromatic heterocycles. The summed E-state index contributed by atoms with van der Waals surface area (Å²) in [6.07, 6.45) is 0.114. The third-order valence-corrected chi connectivity index (χ3v) is 3.00. The van der Waals surface area contributed by atoms with Crippen LogP contribution in [0.4, 0.5) is 0 Å². The minimum absolute atomic E-state index is 0.0509. The van der Waals surface area contributed by atoms with Crippen molar-refractivity contribution in [1.82, 2.24) is 4.90 Å². The summed E-state index contributed by atoms with van der Waals surface area (Å²) in [5, 5.41) is 0. The zero-order valence-corrected chi connectivity index (χ0v) is 13.1. The number of esters is 1. The maximum absolute atomic E-state index is 12.4. The Morgan fingerprint density at radius 1 is 1.33 bits per heavy atom. The molecule has 0 aliphatic rings. The molecule has 0 aliphatic carbocycles. The second-order valence-electron chi connectivity index (χ2n) is 4.91. The first-order valence-corrected chi connectivity index (χ1v) is 7.06. The van der Waals surface area contributed by atoms with E-state index in [1.807, 2.05) is 32.0 Å². The molecule has 1 unspecified atom stereocenters. The molecule has 1 atom stereocenters. The fourth-order valence-corrected chi connectivity index (χ4v) is 1.96. The lowest BCUT2D eigenvalue weighted by Gasteiger charge is -2.24. The number of amides is 1. The van der Waals surface area contributed by atoms with Crippen LogP contribution in [0.25, 0.3) is 0 Å². The topological polar surface area (TPSA) is 55.8 Å². The normalized spacial score (nSPS) is 11.6. The Kier molecular flexibility index (Phi) is 6.72. The molecule has 1 amide bonds. The van der Waals surface area contributed by atoms with Crippen LogP contribution in [0.2, 0.25) is 0 Å². The highest BCUT2D eigenvalue weighted by atomic mass is 16.5. The van der Waals surface area contributed by atoms with Gasteiger partial charge in [-0.1, -0.05) is 19.1 Å². The largest absolute Gasteiger partial charge is 0.481 e. The van der Waals surface area contributed by atoms with Crippen molar-refractivity contribution in [3.05, 3.63) is 29.8 Å². The van der Waals surface area contributed by atoms with E-state index in [4.69, 9.17) is 4.74 Å². The number of methoxy groups -OCH3 is 1. The SMILES string of the molecule is CCCN(CC(=O)OC)C(=O)C(C)Oc1cccc(C)c1. The Morgan fingerprint density at radius 2 is 2.05 bits per heavy atom. The molecule has 1 aromatic rings. The quantitative estimate of drug-likeness (QED) is 0.723. The highest BCUT2D eigenvalue weighted by molar-refractivity contribution is 5.85. The molecule has 0 saturated heterocycles. The van der Waals surface area contributed by atoms with Gasteiger partial charge in [0.1, 0.15) is 12.3 Å². The maximum Gasteiger partial charge on any atom is 0.325 e. The van der Waals surface area contributed by atoms with Crippen molar-refractivity contribution in [2.75, 3.05) is 20.2 Å². The van der Waals surface area contributed by atoms with Gasteiger partial charge in [0.25, 0.3) is 5.91 Å². The molecule has 1 rings (SSSR count). The van der Waals surface area contributed by atoms with Crippen LogP contribution in [0, 0.1) is 6.92 Å². The molecule has 0 N–H and O–H groups in total. The standard InChI is InChI=1S/C16H23NO4/c1-5-9-17(11-15(18)20-4)16(19)13(3)21-14-8-6-7-12(2)10-14/h6-8,10,13H,5,9,11H2,1-4H3. The third kappa shape index (κ3) is 5.45. The number of nitrogens with zero attached hydrogens (tertiary/aromatic N) is 1. The average Bonchev–Trinajstić information content (AvgIpc) is 2.45. The van der Waals surface area contributed by atoms with Gasteiger partial charge in [-0.3, -0.25) is 9.59 Å². The highest BCUT2D eigenvalue weighted by Gasteiger charge is 2.23. The number of ether oxygens (including phenoxy) is 2. The zero-order chi connectivity index (χ0) is 15.8. The molecule has 5 nitrogen and oxygen atoms in total. The number of rotatable bonds is 7. The van der Waals surface area contributed by atoms with Crippen LogP contribution in [-0.4, -0.2) is 43.1 Å². The second-order valence-corrected chi connectivity index (χ2v) is 4.91. The van der Waals surface area contributed by atoms with Crippen LogP contribution in [-0.2, 0) is 14.3 Å². The summed E-state index contributed by atoms with van der Waals surface area (Å²) in [5.41, 5.74) is 1.06. The number of aryl methyl sites for hydroxylation is 1. The van der Waals surface area contributed by atoms with Crippen LogP contribution in [0.3, 0.4) is 0 Å². The van der Waals surface area contributed by atoms with Crippen LogP contribution >= 0.6 is 0 Å². The fourth-order valence-electron chi connectivity index (χ4n) is 1.96. The predicted molar refractivity (Wildman–Crippen MR) is 80.2 cm³/mol. The van der Waals surface area contributed by atoms with Gasteiger partial charge >= 0.3 is 5.97 Å². The smallest absolute Gasteiger partial charge is 0.325 e. The molecule has 0 saturated carbocycles. The van der Waals surface area contributed by atoms with Crippen molar-refractivity contribution < 1.29 is 19.1 Å². The Bertz CT molecular complexity index is 487. The van der Waals surface area contributed by atoms with E-state index in [0.717, 1.165) is 12.0 Å². The third-order valence-electron chi connectivity index (χ3n) is 3.00. The van der Waals surface area contributed by atoms with E-state index in [1.54, 1.807) is 13.0 Å². The van der Waals surface area contributed by atoms with Crippen LogP contribution in [0.1, 0.15) is 25.8 Å². The minimum atomic E-state index is -0.650. The van der Waals surface area contributed by atoms with Gasteiger partial charge < -0.3 is 14.4 Å². The van der Waals surface area contributed by atoms with Gasteiger partial charge in [0, 0.05) is 6.54 Å². The number of carbonyl (C=O) groups is 2. The molecule has 0 spiro atoms. The van der Waals surface area contributed by atoms with Gasteiger partial charge in [0.15, 0.2) is 6.10 Å². The Balaban J connectivity index is 2.71. The first kappa shape index (κ1) is 17.0. The van der Waals surface area contributed by atoms with Crippen molar-refractivity contribution >= 4 is 11.9 Å². The second kappa shape index (κ2) is 8.29. The molecular weight excluding hydrogens is 270 g/mol. The van der Waals surface area contributed by atoms with Crippen molar-refractivity contribution in [2.24, 2.45) is 0 Å². The first-order valence-electron chi connectivity index (χ1n) is 7.06. The lowest BCUT2D eigenvalue weighted by molar-refractivity contribution is -0.149. The van der Waals surface area contributed by atoms with Crippen LogP contribution in [0.15, 0.2) is 24.3 Å². The summed E-state index contributed by atoms with van der Waals surface area (Å²) in [6, 6.07) is 7.51. The van der Waals surface area contributed by atoms with E-state index in [0.29, 0.717) is 12.3 Å². The number of hydrogen-bond acceptors (Lipinski definition) is 4. The fraction of sp³-hybridized carbons (Fsp3) is 0.500. The van der Waals surface area contributed by atoms with E-state index in [2.05, 4.69) is 4.74 Å². The van der Waals surface area contributed by atoms with Gasteiger partial charge in [-0.05, 0) is 38.0 Å². The van der Waals surface area contributed by atoms with E-state index in [1.165, 1.54) is 12.0 Å². The molecule has 0 radical (unpaired) electrons. The van der Waals surface area contributed by atoms with Crippen molar-refractivity contribution in [1.29, 1.82) is 0 Å². The summed E-state index contributed by atoms with van der Waals surface area (Å²) >= 11 is 0. The molecule has 116 valence electrons. The molecule has 0 fully saturated rings. The average molecular weight is 293 g/mol. The van der Waals surface area contributed by atoms with Crippen molar-refractivity contribution in [3.63, 3.8) is 0 Å². The van der Waals surface area contributed by atoms with Crippen LogP contribution in [0.5, 0.6) is 5.75 Å². The van der Waals surface area contributed by atoms with Gasteiger partial charge in [-0.25, -0.2) is 0 Å². The summed E-state index contributed by atoms with van der Waals surface area (Å²) in [4.78, 5) is 25.2. The van der Waals surface area contributed by atoms with E-state index in [9.17, 15) is 9.59 Å². The molecule has 1 aromatic carbocycles. The van der Waals surface area contributed by atoms with E-state index in [-0.39, 0.29) is 12.5 Å². The van der Waals surface area contributed by atoms with Gasteiger partial charge in [-0.2, -0.15) is 0 Å². The lowest BCUT2D eigenvalue weighted by Crippen LogP contribution is -2.43. The van der Waals surface area contributed by atoms with E-state index >= 15 is 0 Å². The number of benzene rings is 1. The molecule has 21 heavy (non-hydrogen) atoms. The predicted octanol–water partition coefficient (Wildman–Crippen LogP) is 2.17. The van der Waals surface area contributed by atoms with E-state index < -0.39 is 12.1 Å². The van der Waals surface area contributed by atoms with Gasteiger partial charge in [-0.15, -0.1) is 0 Å². The maximum atomic E-state index is 12.4. The van der Waals surface area contributed by atoms with Gasteiger partial charge in [0.05, 0.1) is 7.11 Å². The monoisotopic (exact) mass is 293 g/mol. The summed E-state index contributed by atoms with van der Waals surface area (Å²) in [7, 11) is 1.31. The van der Waals surface area contributed by atoms with Crippen molar-refractivity contribution in [3.8, 4) is 5.75 Å². The minimum Gasteiger partial charge on any atom is -0.481 e. The summed E-state index contributed by atoms with van der Waals surface area (Å²) in [6.45, 7) is 6.04. The summed E-state index contributed by atoms with van der Waals surface area (Å²) < 4.78 is 10.3. The molecule has 5 heteroatoms. The Hall–Kier alpha value is -2.04. The van der Waals surface area contributed by atoms with Gasteiger partial charge in [0.2, 0.25) is 0 Å². The summed E-state index contributed by atoms with van der Waals surface area (Å²) in [5.74, 6) is -0.00585. The van der Waals surface area contributed by atoms with Crippen molar-refractivity contribution in [2.45, 2.75) is 33.3 Å². The zero-order valence-electron chi connectivity index (χ0n) is 13.1. The number of hydrogen-bond donors (Lipinski definition) is 0. The Labute approximate surface area is 125 Å². The molecule has 0 aliphatic heterocycles. The molecule has 0 heterocycles. The number of carbonyl (C=O) groups excluding carboxylic acids is 2. The molecule has 0 bridgehead atoms. The highest BCUT2D eigenvalue weighted by Crippen LogP contribution is 2.15. The molecular formula is C16H23NO4. The Morgan fingerprint density at radius 3 is 2.62 bits per heavy atom. The van der Waals surface area contributed by atoms with Crippen LogP contribution < -0.4 is 4.74 Å². The lowest BCUT2D eigenvalue weighted by atomic mass is 10.2.